The Morgan fingerprint density at radius 3 is 2.55 bits per heavy atom. The normalized spacial score (nSPS) is 14.9. The fourth-order valence-corrected chi connectivity index (χ4v) is 3.92. The molecule has 0 radical (unpaired) electrons. The van der Waals surface area contributed by atoms with Crippen LogP contribution in [0, 0.1) is 0 Å². The summed E-state index contributed by atoms with van der Waals surface area (Å²) in [5.74, 6) is 0.794. The largest absolute Gasteiger partial charge is 0.493 e. The van der Waals surface area contributed by atoms with Crippen LogP contribution < -0.4 is 4.74 Å². The number of ether oxygens (including phenoxy) is 2. The predicted octanol–water partition coefficient (Wildman–Crippen LogP) is 7.38. The van der Waals surface area contributed by atoms with E-state index in [1.54, 1.807) is 0 Å². The number of hydrogen-bond acceptors (Lipinski definition) is 3. The maximum absolute atomic E-state index is 12.2. The highest BCUT2D eigenvalue weighted by Crippen LogP contribution is 2.40. The molecule has 0 N–H and O–H groups in total. The van der Waals surface area contributed by atoms with E-state index in [9.17, 15) is 4.79 Å². The summed E-state index contributed by atoms with van der Waals surface area (Å²) >= 11 is 0. The maximum Gasteiger partial charge on any atom is 0.306 e. The van der Waals surface area contributed by atoms with Crippen molar-refractivity contribution >= 4 is 22.8 Å². The van der Waals surface area contributed by atoms with Crippen LogP contribution in [0.4, 0.5) is 0 Å². The van der Waals surface area contributed by atoms with Crippen molar-refractivity contribution in [3.05, 3.63) is 47.5 Å². The highest BCUT2D eigenvalue weighted by atomic mass is 16.5. The van der Waals surface area contributed by atoms with Crippen molar-refractivity contribution in [1.82, 2.24) is 0 Å². The summed E-state index contributed by atoms with van der Waals surface area (Å²) in [6.45, 7) is 5.07. The minimum atomic E-state index is -0.315. The number of carbonyl (C=O) groups excluding carboxylic acids is 1. The van der Waals surface area contributed by atoms with Gasteiger partial charge in [0.25, 0.3) is 0 Å². The van der Waals surface area contributed by atoms with Crippen molar-refractivity contribution < 1.29 is 14.3 Å². The van der Waals surface area contributed by atoms with Gasteiger partial charge in [-0.25, -0.2) is 0 Å². The molecule has 156 valence electrons. The first-order valence-electron chi connectivity index (χ1n) is 11.3. The first kappa shape index (κ1) is 21.4. The van der Waals surface area contributed by atoms with Crippen LogP contribution in [0.3, 0.4) is 0 Å². The minimum Gasteiger partial charge on any atom is -0.493 e. The second-order valence-electron chi connectivity index (χ2n) is 7.91. The van der Waals surface area contributed by atoms with E-state index in [4.69, 9.17) is 9.47 Å². The molecule has 0 amide bonds. The summed E-state index contributed by atoms with van der Waals surface area (Å²) in [7, 11) is 0. The van der Waals surface area contributed by atoms with Gasteiger partial charge in [-0.05, 0) is 35.8 Å². The Bertz CT molecular complexity index is 837. The van der Waals surface area contributed by atoms with Gasteiger partial charge in [-0.15, -0.1) is 0 Å². The van der Waals surface area contributed by atoms with Gasteiger partial charge in [0.15, 0.2) is 0 Å². The van der Waals surface area contributed by atoms with Crippen LogP contribution in [0.2, 0.25) is 0 Å². The predicted molar refractivity (Wildman–Crippen MR) is 120 cm³/mol. The third-order valence-corrected chi connectivity index (χ3v) is 5.57. The van der Waals surface area contributed by atoms with Gasteiger partial charge in [-0.1, -0.05) is 82.7 Å². The van der Waals surface area contributed by atoms with Crippen LogP contribution in [0.25, 0.3) is 16.8 Å². The van der Waals surface area contributed by atoms with Gasteiger partial charge < -0.3 is 9.47 Å². The summed E-state index contributed by atoms with van der Waals surface area (Å²) < 4.78 is 11.9. The van der Waals surface area contributed by atoms with Crippen LogP contribution in [-0.2, 0) is 9.53 Å². The summed E-state index contributed by atoms with van der Waals surface area (Å²) in [6.07, 6.45) is 13.6. The Morgan fingerprint density at radius 2 is 1.72 bits per heavy atom. The van der Waals surface area contributed by atoms with Crippen LogP contribution in [0.1, 0.15) is 88.9 Å². The summed E-state index contributed by atoms with van der Waals surface area (Å²) in [4.78, 5) is 12.2. The molecule has 1 unspecified atom stereocenters. The molecule has 0 aliphatic heterocycles. The highest BCUT2D eigenvalue weighted by Gasteiger charge is 2.22. The fraction of sp³-hybridized carbons (Fsp3) is 0.500. The number of esters is 1. The molecule has 2 aromatic rings. The highest BCUT2D eigenvalue weighted by molar-refractivity contribution is 5.97. The lowest BCUT2D eigenvalue weighted by molar-refractivity contribution is -0.147. The topological polar surface area (TPSA) is 35.5 Å². The van der Waals surface area contributed by atoms with E-state index in [1.807, 2.05) is 12.1 Å². The first-order valence-corrected chi connectivity index (χ1v) is 11.3. The molecule has 0 heterocycles. The zero-order chi connectivity index (χ0) is 20.5. The van der Waals surface area contributed by atoms with Crippen molar-refractivity contribution in [3.8, 4) is 5.75 Å². The third kappa shape index (κ3) is 5.62. The lowest BCUT2D eigenvalue weighted by atomic mass is 9.91. The molecule has 0 saturated carbocycles. The van der Waals surface area contributed by atoms with Gasteiger partial charge in [-0.3, -0.25) is 4.79 Å². The second-order valence-corrected chi connectivity index (χ2v) is 7.91. The van der Waals surface area contributed by atoms with E-state index in [0.29, 0.717) is 6.42 Å². The Kier molecular flexibility index (Phi) is 8.15. The lowest BCUT2D eigenvalue weighted by Crippen LogP contribution is -2.12. The average Bonchev–Trinajstić information content (AvgIpc) is 2.74. The van der Waals surface area contributed by atoms with Crippen LogP contribution in [-0.4, -0.2) is 12.6 Å². The van der Waals surface area contributed by atoms with E-state index in [0.717, 1.165) is 53.5 Å². The van der Waals surface area contributed by atoms with Gasteiger partial charge in [0.1, 0.15) is 11.9 Å². The van der Waals surface area contributed by atoms with Crippen LogP contribution in [0.5, 0.6) is 5.75 Å². The first-order chi connectivity index (χ1) is 14.2. The van der Waals surface area contributed by atoms with Crippen molar-refractivity contribution in [3.63, 3.8) is 0 Å². The van der Waals surface area contributed by atoms with E-state index in [-0.39, 0.29) is 12.1 Å². The fourth-order valence-electron chi connectivity index (χ4n) is 3.92. The molecule has 0 fully saturated rings. The van der Waals surface area contributed by atoms with Gasteiger partial charge in [0.2, 0.25) is 0 Å². The SMILES string of the molecule is CCCCCCCCOc1ccc2cccc3c2c1C=CC3OC(=O)CCCC. The third-order valence-electron chi connectivity index (χ3n) is 5.57. The van der Waals surface area contributed by atoms with E-state index >= 15 is 0 Å². The number of benzene rings is 2. The molecule has 0 bridgehead atoms. The maximum atomic E-state index is 12.2. The molecule has 3 heteroatoms. The Labute approximate surface area is 175 Å². The number of rotatable bonds is 12. The quantitative estimate of drug-likeness (QED) is 0.278. The number of hydrogen-bond donors (Lipinski definition) is 0. The molecule has 3 rings (SSSR count). The summed E-state index contributed by atoms with van der Waals surface area (Å²) in [5.41, 5.74) is 2.15. The van der Waals surface area contributed by atoms with Crippen LogP contribution in [0.15, 0.2) is 36.4 Å². The molecule has 1 aliphatic rings. The van der Waals surface area contributed by atoms with Gasteiger partial charge in [0, 0.05) is 17.5 Å². The number of unbranched alkanes of at least 4 members (excludes halogenated alkanes) is 6. The standard InChI is InChI=1S/C26H34O3/c1-3-5-7-8-9-10-19-28-23-17-15-20-12-11-13-21-24(18-16-22(23)26(20)21)29-25(27)14-6-4-2/h11-13,15-18,24H,3-10,14,19H2,1-2H3. The van der Waals surface area contributed by atoms with Gasteiger partial charge >= 0.3 is 5.97 Å². The molecule has 1 aliphatic carbocycles. The lowest BCUT2D eigenvalue weighted by Gasteiger charge is -2.23. The molecule has 29 heavy (non-hydrogen) atoms. The summed E-state index contributed by atoms with van der Waals surface area (Å²) in [5, 5.41) is 2.30. The minimum absolute atomic E-state index is 0.127. The molecule has 3 nitrogen and oxygen atoms in total. The zero-order valence-electron chi connectivity index (χ0n) is 17.9. The van der Waals surface area contributed by atoms with E-state index < -0.39 is 0 Å². The van der Waals surface area contributed by atoms with Crippen molar-refractivity contribution in [1.29, 1.82) is 0 Å². The summed E-state index contributed by atoms with van der Waals surface area (Å²) in [6, 6.07) is 10.4. The molecular weight excluding hydrogens is 360 g/mol. The Morgan fingerprint density at radius 1 is 0.931 bits per heavy atom. The van der Waals surface area contributed by atoms with Gasteiger partial charge in [0.05, 0.1) is 6.61 Å². The molecule has 0 spiro atoms. The Hall–Kier alpha value is -2.29. The monoisotopic (exact) mass is 394 g/mol. The van der Waals surface area contributed by atoms with E-state index in [1.165, 1.54) is 32.1 Å². The van der Waals surface area contributed by atoms with Crippen molar-refractivity contribution in [2.45, 2.75) is 77.7 Å². The molecule has 1 atom stereocenters. The van der Waals surface area contributed by atoms with Crippen molar-refractivity contribution in [2.75, 3.05) is 6.61 Å². The molecule has 0 aromatic heterocycles. The molecular formula is C26H34O3. The average molecular weight is 395 g/mol. The number of carbonyl (C=O) groups is 1. The zero-order valence-corrected chi connectivity index (χ0v) is 17.9. The molecule has 2 aromatic carbocycles. The van der Waals surface area contributed by atoms with Gasteiger partial charge in [-0.2, -0.15) is 0 Å². The second kappa shape index (κ2) is 11.0. The smallest absolute Gasteiger partial charge is 0.306 e. The molecule has 0 saturated heterocycles. The van der Waals surface area contributed by atoms with E-state index in [2.05, 4.69) is 44.2 Å². The van der Waals surface area contributed by atoms with Crippen molar-refractivity contribution in [2.24, 2.45) is 0 Å². The Balaban J connectivity index is 1.69. The van der Waals surface area contributed by atoms with Crippen LogP contribution >= 0.6 is 0 Å².